The van der Waals surface area contributed by atoms with E-state index >= 15 is 0 Å². The molecule has 30 heavy (non-hydrogen) atoms. The van der Waals surface area contributed by atoms with Crippen LogP contribution in [0.2, 0.25) is 0 Å². The van der Waals surface area contributed by atoms with Crippen molar-refractivity contribution >= 4 is 22.9 Å². The molecule has 0 atom stereocenters. The highest BCUT2D eigenvalue weighted by Crippen LogP contribution is 2.24. The molecule has 2 aromatic carbocycles. The summed E-state index contributed by atoms with van der Waals surface area (Å²) < 4.78 is 17.5. The summed E-state index contributed by atoms with van der Waals surface area (Å²) in [6, 6.07) is 14.0. The van der Waals surface area contributed by atoms with E-state index in [-0.39, 0.29) is 17.9 Å². The number of hydrogen-bond acceptors (Lipinski definition) is 4. The van der Waals surface area contributed by atoms with Crippen molar-refractivity contribution < 1.29 is 4.39 Å². The maximum absolute atomic E-state index is 13.2. The zero-order chi connectivity index (χ0) is 21.4. The molecular weight excluding hydrogens is 403 g/mol. The first-order valence-corrected chi connectivity index (χ1v) is 10.4. The smallest absolute Gasteiger partial charge is 0.316 e. The Labute approximate surface area is 176 Å². The summed E-state index contributed by atoms with van der Waals surface area (Å²) in [6.07, 6.45) is 0. The van der Waals surface area contributed by atoms with Crippen molar-refractivity contribution in [3.63, 3.8) is 0 Å². The third-order valence-electron chi connectivity index (χ3n) is 5.06. The Morgan fingerprint density at radius 2 is 1.57 bits per heavy atom. The summed E-state index contributed by atoms with van der Waals surface area (Å²) in [4.78, 5) is 30.5. The van der Waals surface area contributed by atoms with Crippen molar-refractivity contribution in [2.45, 2.75) is 24.4 Å². The number of nitrogens with zero attached hydrogens (tertiary/aromatic N) is 4. The number of benzene rings is 2. The molecule has 4 aromatic rings. The lowest BCUT2D eigenvalue weighted by Crippen LogP contribution is -2.39. The van der Waals surface area contributed by atoms with E-state index in [0.29, 0.717) is 22.1 Å². The second-order valence-electron chi connectivity index (χ2n) is 7.26. The maximum Gasteiger partial charge on any atom is 0.332 e. The SMILES string of the molecule is Cc1ccc(Cn2c(=O)c3c(nc(SCc4ccc(F)cc4)n3C)n(C)c2=O)cc1. The molecule has 6 nitrogen and oxygen atoms in total. The molecule has 0 N–H and O–H groups in total. The minimum absolute atomic E-state index is 0.199. The molecule has 0 saturated heterocycles. The van der Waals surface area contributed by atoms with Gasteiger partial charge in [0.2, 0.25) is 0 Å². The first kappa shape index (κ1) is 20.2. The number of imidazole rings is 1. The fourth-order valence-corrected chi connectivity index (χ4v) is 4.22. The number of aryl methyl sites for hydroxylation is 3. The van der Waals surface area contributed by atoms with Gasteiger partial charge in [0.25, 0.3) is 5.56 Å². The largest absolute Gasteiger partial charge is 0.332 e. The lowest BCUT2D eigenvalue weighted by molar-refractivity contribution is 0.627. The zero-order valence-corrected chi connectivity index (χ0v) is 17.7. The van der Waals surface area contributed by atoms with Gasteiger partial charge in [0.1, 0.15) is 5.82 Å². The molecule has 0 aliphatic heterocycles. The molecule has 0 amide bonds. The summed E-state index contributed by atoms with van der Waals surface area (Å²) in [5.74, 6) is 0.291. The lowest BCUT2D eigenvalue weighted by Gasteiger charge is -2.09. The molecule has 0 saturated carbocycles. The summed E-state index contributed by atoms with van der Waals surface area (Å²) in [5.41, 5.74) is 2.91. The van der Waals surface area contributed by atoms with Crippen LogP contribution in [0.3, 0.4) is 0 Å². The van der Waals surface area contributed by atoms with E-state index in [9.17, 15) is 14.0 Å². The van der Waals surface area contributed by atoms with Crippen molar-refractivity contribution in [3.05, 3.63) is 91.9 Å². The van der Waals surface area contributed by atoms with E-state index in [1.54, 1.807) is 30.8 Å². The van der Waals surface area contributed by atoms with Crippen LogP contribution < -0.4 is 11.2 Å². The van der Waals surface area contributed by atoms with Gasteiger partial charge in [0.05, 0.1) is 6.54 Å². The predicted octanol–water partition coefficient (Wildman–Crippen LogP) is 3.22. The molecule has 0 aliphatic rings. The van der Waals surface area contributed by atoms with E-state index in [1.807, 2.05) is 31.2 Å². The van der Waals surface area contributed by atoms with Gasteiger partial charge >= 0.3 is 5.69 Å². The number of fused-ring (bicyclic) bond motifs is 1. The molecule has 4 rings (SSSR count). The van der Waals surface area contributed by atoms with Gasteiger partial charge in [-0.3, -0.25) is 13.9 Å². The Balaban J connectivity index is 1.73. The first-order chi connectivity index (χ1) is 14.3. The molecule has 0 unspecified atom stereocenters. The summed E-state index contributed by atoms with van der Waals surface area (Å²) in [6.45, 7) is 2.19. The zero-order valence-electron chi connectivity index (χ0n) is 16.9. The second-order valence-corrected chi connectivity index (χ2v) is 8.20. The fraction of sp³-hybridized carbons (Fsp3) is 0.227. The highest BCUT2D eigenvalue weighted by atomic mass is 32.2. The number of rotatable bonds is 5. The lowest BCUT2D eigenvalue weighted by atomic mass is 10.1. The first-order valence-electron chi connectivity index (χ1n) is 9.44. The third kappa shape index (κ3) is 3.70. The van der Waals surface area contributed by atoms with Crippen LogP contribution in [-0.4, -0.2) is 18.7 Å². The number of thioether (sulfide) groups is 1. The Morgan fingerprint density at radius 1 is 0.933 bits per heavy atom. The van der Waals surface area contributed by atoms with Gasteiger partial charge in [0, 0.05) is 19.8 Å². The van der Waals surface area contributed by atoms with Gasteiger partial charge in [-0.1, -0.05) is 53.7 Å². The summed E-state index contributed by atoms with van der Waals surface area (Å²) >= 11 is 1.43. The Bertz CT molecular complexity index is 1340. The molecular formula is C22H21FN4O2S. The quantitative estimate of drug-likeness (QED) is 0.462. The number of halogens is 1. The second kappa shape index (κ2) is 7.95. The maximum atomic E-state index is 13.2. The van der Waals surface area contributed by atoms with Gasteiger partial charge in [-0.05, 0) is 30.2 Å². The van der Waals surface area contributed by atoms with E-state index in [0.717, 1.165) is 16.7 Å². The molecule has 0 aliphatic carbocycles. The van der Waals surface area contributed by atoms with Gasteiger partial charge in [-0.2, -0.15) is 0 Å². The van der Waals surface area contributed by atoms with E-state index in [4.69, 9.17) is 0 Å². The monoisotopic (exact) mass is 424 g/mol. The van der Waals surface area contributed by atoms with E-state index < -0.39 is 5.69 Å². The van der Waals surface area contributed by atoms with Gasteiger partial charge in [-0.25, -0.2) is 14.2 Å². The predicted molar refractivity (Wildman–Crippen MR) is 116 cm³/mol. The van der Waals surface area contributed by atoms with Crippen LogP contribution in [0.4, 0.5) is 4.39 Å². The number of hydrogen-bond donors (Lipinski definition) is 0. The molecule has 2 aromatic heterocycles. The third-order valence-corrected chi connectivity index (χ3v) is 6.16. The van der Waals surface area contributed by atoms with Crippen LogP contribution in [0.1, 0.15) is 16.7 Å². The molecule has 154 valence electrons. The molecule has 8 heteroatoms. The minimum Gasteiger partial charge on any atom is -0.316 e. The molecule has 0 bridgehead atoms. The van der Waals surface area contributed by atoms with Crippen molar-refractivity contribution in [2.24, 2.45) is 14.1 Å². The van der Waals surface area contributed by atoms with E-state index in [2.05, 4.69) is 4.98 Å². The van der Waals surface area contributed by atoms with Crippen molar-refractivity contribution in [2.75, 3.05) is 0 Å². The van der Waals surface area contributed by atoms with Gasteiger partial charge in [-0.15, -0.1) is 0 Å². The fourth-order valence-electron chi connectivity index (χ4n) is 3.30. The molecule has 2 heterocycles. The minimum atomic E-state index is -0.402. The van der Waals surface area contributed by atoms with Crippen molar-refractivity contribution in [1.82, 2.24) is 18.7 Å². The van der Waals surface area contributed by atoms with Crippen LogP contribution in [0.25, 0.3) is 11.2 Å². The molecule has 0 radical (unpaired) electrons. The van der Waals surface area contributed by atoms with E-state index in [1.165, 1.54) is 33.0 Å². The highest BCUT2D eigenvalue weighted by Gasteiger charge is 2.19. The Morgan fingerprint density at radius 3 is 2.23 bits per heavy atom. The van der Waals surface area contributed by atoms with Crippen molar-refractivity contribution in [3.8, 4) is 0 Å². The normalized spacial score (nSPS) is 11.3. The Hall–Kier alpha value is -3.13. The van der Waals surface area contributed by atoms with Crippen LogP contribution in [0.15, 0.2) is 63.3 Å². The van der Waals surface area contributed by atoms with Gasteiger partial charge in [0.15, 0.2) is 16.3 Å². The summed E-state index contributed by atoms with van der Waals surface area (Å²) in [7, 11) is 3.39. The molecule has 0 spiro atoms. The standard InChI is InChI=1S/C22H21FN4O2S/c1-14-4-6-15(7-5-14)12-27-20(28)18-19(26(3)22(27)29)24-21(25(18)2)30-13-16-8-10-17(23)11-9-16/h4-11H,12-13H2,1-3H3. The highest BCUT2D eigenvalue weighted by molar-refractivity contribution is 7.98. The van der Waals surface area contributed by atoms with Crippen LogP contribution in [0, 0.1) is 12.7 Å². The average Bonchev–Trinajstić information content (AvgIpc) is 3.07. The van der Waals surface area contributed by atoms with Crippen LogP contribution in [-0.2, 0) is 26.4 Å². The van der Waals surface area contributed by atoms with Gasteiger partial charge < -0.3 is 4.57 Å². The average molecular weight is 425 g/mol. The molecule has 0 fully saturated rings. The van der Waals surface area contributed by atoms with Crippen LogP contribution in [0.5, 0.6) is 0 Å². The topological polar surface area (TPSA) is 61.8 Å². The Kier molecular flexibility index (Phi) is 5.34. The number of aromatic nitrogens is 4. The van der Waals surface area contributed by atoms with Crippen molar-refractivity contribution in [1.29, 1.82) is 0 Å². The van der Waals surface area contributed by atoms with Crippen LogP contribution >= 0.6 is 11.8 Å². The summed E-state index contributed by atoms with van der Waals surface area (Å²) in [5, 5.41) is 0.620.